The average Bonchev–Trinajstić information content (AvgIpc) is 1.94. The largest absolute Gasteiger partial charge is 2.00 e. The second kappa shape index (κ2) is 8.68. The molecule has 0 saturated carbocycles. The third kappa shape index (κ3) is 5.81. The van der Waals surface area contributed by atoms with Crippen LogP contribution >= 0.6 is 0 Å². The fourth-order valence-electron chi connectivity index (χ4n) is 0.478. The van der Waals surface area contributed by atoms with Crippen LogP contribution in [0.5, 0.6) is 0 Å². The molecule has 1 aromatic carbocycles. The molecule has 0 saturated heterocycles. The zero-order valence-corrected chi connectivity index (χ0v) is 9.82. The van der Waals surface area contributed by atoms with Gasteiger partial charge in [0.15, 0.2) is 0 Å². The normalized spacial score (nSPS) is 6.40. The second-order valence-electron chi connectivity index (χ2n) is 1.49. The number of rotatable bonds is 0. The van der Waals surface area contributed by atoms with Gasteiger partial charge in [0.2, 0.25) is 0 Å². The molecular weight excluding hydrogens is 224 g/mol. The van der Waals surface area contributed by atoms with Crippen molar-refractivity contribution in [3.05, 3.63) is 42.8 Å². The standard InChI is InChI=1S/C7H7.CHO.Cd/c1-7-5-3-2-4-6-7;1-2;/h2-6H,1H2;1H;/q2*-1;+2. The minimum absolute atomic E-state index is 0. The quantitative estimate of drug-likeness (QED) is 0.377. The maximum absolute atomic E-state index is 7.75. The van der Waals surface area contributed by atoms with Crippen molar-refractivity contribution >= 4 is 6.79 Å². The first-order valence-electron chi connectivity index (χ1n) is 2.50. The topological polar surface area (TPSA) is 17.1 Å². The predicted molar refractivity (Wildman–Crippen MR) is 37.7 cm³/mol. The zero-order chi connectivity index (χ0) is 7.11. The molecule has 1 rings (SSSR count). The van der Waals surface area contributed by atoms with E-state index in [1.807, 2.05) is 30.3 Å². The van der Waals surface area contributed by atoms with Gasteiger partial charge in [-0.25, -0.2) is 0 Å². The Bertz CT molecular complexity index is 151. The van der Waals surface area contributed by atoms with Gasteiger partial charge in [0.05, 0.1) is 0 Å². The summed E-state index contributed by atoms with van der Waals surface area (Å²) in [5.74, 6) is 0. The van der Waals surface area contributed by atoms with E-state index in [-0.39, 0.29) is 27.3 Å². The molecule has 10 heavy (non-hydrogen) atoms. The van der Waals surface area contributed by atoms with Gasteiger partial charge in [-0.3, -0.25) is 6.79 Å². The van der Waals surface area contributed by atoms with Crippen LogP contribution in [0.15, 0.2) is 30.3 Å². The molecule has 0 aliphatic rings. The van der Waals surface area contributed by atoms with Crippen molar-refractivity contribution in [1.82, 2.24) is 0 Å². The van der Waals surface area contributed by atoms with Gasteiger partial charge in [0, 0.05) is 0 Å². The Morgan fingerprint density at radius 1 is 1.10 bits per heavy atom. The van der Waals surface area contributed by atoms with Crippen molar-refractivity contribution in [2.45, 2.75) is 0 Å². The van der Waals surface area contributed by atoms with E-state index in [0.717, 1.165) is 5.56 Å². The van der Waals surface area contributed by atoms with E-state index >= 15 is 0 Å². The third-order valence-corrected chi connectivity index (χ3v) is 0.843. The predicted octanol–water partition coefficient (Wildman–Crippen LogP) is 1.59. The van der Waals surface area contributed by atoms with Crippen molar-refractivity contribution < 1.29 is 32.1 Å². The summed E-state index contributed by atoms with van der Waals surface area (Å²) in [7, 11) is 0. The van der Waals surface area contributed by atoms with Crippen molar-refractivity contribution in [3.8, 4) is 0 Å². The summed E-state index contributed by atoms with van der Waals surface area (Å²) in [6.07, 6.45) is 0. The Morgan fingerprint density at radius 3 is 1.70 bits per heavy atom. The third-order valence-electron chi connectivity index (χ3n) is 0.843. The van der Waals surface area contributed by atoms with Gasteiger partial charge in [0.25, 0.3) is 0 Å². The Balaban J connectivity index is 0. The summed E-state index contributed by atoms with van der Waals surface area (Å²) in [5, 5.41) is 0. The van der Waals surface area contributed by atoms with Crippen molar-refractivity contribution in [1.29, 1.82) is 0 Å². The molecule has 0 aliphatic carbocycles. The summed E-state index contributed by atoms with van der Waals surface area (Å²) in [4.78, 5) is 7.75. The van der Waals surface area contributed by atoms with Gasteiger partial charge in [-0.2, -0.15) is 24.6 Å². The first-order valence-corrected chi connectivity index (χ1v) is 2.50. The average molecular weight is 233 g/mol. The van der Waals surface area contributed by atoms with Crippen molar-refractivity contribution in [2.24, 2.45) is 0 Å². The molecule has 0 heterocycles. The van der Waals surface area contributed by atoms with Gasteiger partial charge < -0.3 is 4.79 Å². The molecule has 0 radical (unpaired) electrons. The van der Waals surface area contributed by atoms with Crippen LogP contribution in [0.3, 0.4) is 0 Å². The zero-order valence-electron chi connectivity index (χ0n) is 5.79. The molecule has 1 aromatic rings. The maximum atomic E-state index is 7.75. The number of hydrogen-bond donors (Lipinski definition) is 0. The Labute approximate surface area is 81.6 Å². The molecule has 2 heteroatoms. The van der Waals surface area contributed by atoms with Crippen LogP contribution in [-0.2, 0) is 32.1 Å². The Morgan fingerprint density at radius 2 is 1.50 bits per heavy atom. The van der Waals surface area contributed by atoms with E-state index in [1.165, 1.54) is 0 Å². The molecule has 1 nitrogen and oxygen atoms in total. The van der Waals surface area contributed by atoms with Gasteiger partial charge in [-0.15, -0.1) is 12.1 Å². The van der Waals surface area contributed by atoms with Crippen LogP contribution < -0.4 is 0 Å². The van der Waals surface area contributed by atoms with E-state index in [1.54, 1.807) is 0 Å². The van der Waals surface area contributed by atoms with E-state index in [4.69, 9.17) is 4.79 Å². The summed E-state index contributed by atoms with van der Waals surface area (Å²) in [6.45, 7) is 6.97. The van der Waals surface area contributed by atoms with Crippen LogP contribution in [0.2, 0.25) is 0 Å². The van der Waals surface area contributed by atoms with Crippen molar-refractivity contribution in [3.63, 3.8) is 0 Å². The first-order chi connectivity index (χ1) is 4.39. The van der Waals surface area contributed by atoms with E-state index in [0.29, 0.717) is 0 Å². The van der Waals surface area contributed by atoms with E-state index in [9.17, 15) is 0 Å². The van der Waals surface area contributed by atoms with Gasteiger partial charge in [0.1, 0.15) is 0 Å². The van der Waals surface area contributed by atoms with Gasteiger partial charge in [-0.1, -0.05) is 6.07 Å². The molecule has 0 aliphatic heterocycles. The van der Waals surface area contributed by atoms with Crippen LogP contribution in [0, 0.1) is 6.92 Å². The molecular formula is C8H8CdO. The Hall–Kier alpha value is -0.318. The summed E-state index contributed by atoms with van der Waals surface area (Å²) < 4.78 is 0. The van der Waals surface area contributed by atoms with E-state index < -0.39 is 0 Å². The second-order valence-corrected chi connectivity index (χ2v) is 1.49. The monoisotopic (exact) mass is 234 g/mol. The molecule has 0 unspecified atom stereocenters. The van der Waals surface area contributed by atoms with Crippen molar-refractivity contribution in [2.75, 3.05) is 0 Å². The molecule has 0 atom stereocenters. The van der Waals surface area contributed by atoms with E-state index in [2.05, 4.69) is 13.7 Å². The molecule has 0 amide bonds. The van der Waals surface area contributed by atoms with Crippen LogP contribution in [0.4, 0.5) is 0 Å². The minimum Gasteiger partial charge on any atom is -0.545 e. The molecule has 0 spiro atoms. The molecule has 0 fully saturated rings. The van der Waals surface area contributed by atoms with Crippen LogP contribution in [0.25, 0.3) is 0 Å². The SMILES string of the molecule is [CH-]=O.[CH2-]c1ccccc1.[Cd+2]. The molecule has 0 bridgehead atoms. The van der Waals surface area contributed by atoms with Crippen LogP contribution in [-0.4, -0.2) is 6.79 Å². The van der Waals surface area contributed by atoms with Gasteiger partial charge >= 0.3 is 27.3 Å². The number of carbonyl (C=O) groups excluding carboxylic acids is 1. The smallest absolute Gasteiger partial charge is 0.545 e. The molecule has 0 aromatic heterocycles. The number of benzene rings is 1. The van der Waals surface area contributed by atoms with Crippen LogP contribution in [0.1, 0.15) is 5.56 Å². The molecule has 0 N–H and O–H groups in total. The number of hydrogen-bond acceptors (Lipinski definition) is 1. The first kappa shape index (κ1) is 12.4. The minimum atomic E-state index is 0. The fraction of sp³-hybridized carbons (Fsp3) is 0. The summed E-state index contributed by atoms with van der Waals surface area (Å²) in [6, 6.07) is 9.87. The maximum Gasteiger partial charge on any atom is 2.00 e. The summed E-state index contributed by atoms with van der Waals surface area (Å²) in [5.41, 5.74) is 1.07. The van der Waals surface area contributed by atoms with Gasteiger partial charge in [-0.05, 0) is 0 Å². The summed E-state index contributed by atoms with van der Waals surface area (Å²) >= 11 is 0. The Kier molecular flexibility index (Phi) is 10.7. The molecule has 48 valence electrons. The fourth-order valence-corrected chi connectivity index (χ4v) is 0.478.